The zero-order valence-electron chi connectivity index (χ0n) is 15.5. The molecule has 136 valence electrons. The Balaban J connectivity index is 1.54. The van der Waals surface area contributed by atoms with Gasteiger partial charge in [0.2, 0.25) is 0 Å². The highest BCUT2D eigenvalue weighted by molar-refractivity contribution is 14.1. The molecule has 3 rings (SSSR count). The third-order valence-electron chi connectivity index (χ3n) is 5.22. The lowest BCUT2D eigenvalue weighted by atomic mass is 9.87. The summed E-state index contributed by atoms with van der Waals surface area (Å²) in [7, 11) is 0. The first-order valence-electron chi connectivity index (χ1n) is 9.72. The van der Waals surface area contributed by atoms with Gasteiger partial charge in [-0.15, -0.1) is 5.10 Å². The fourth-order valence-corrected chi connectivity index (χ4v) is 4.06. The Kier molecular flexibility index (Phi) is 6.53. The molecule has 4 heteroatoms. The molecule has 1 aliphatic rings. The number of alkyl halides is 1. The Bertz CT molecular complexity index is 649. The Morgan fingerprint density at radius 1 is 1.08 bits per heavy atom. The first-order valence-corrected chi connectivity index (χ1v) is 10.8. The summed E-state index contributed by atoms with van der Waals surface area (Å²) in [6.45, 7) is 4.62. The van der Waals surface area contributed by atoms with Crippen molar-refractivity contribution in [3.63, 3.8) is 0 Å². The maximum atomic E-state index is 4.43. The highest BCUT2D eigenvalue weighted by atomic mass is 127. The standard InChI is InChI=1S/C21H30IN3/c1-21(2,22)15-7-6-8-17-11-13-19(14-12-17)25-16-20(23-24-25)18-9-4-3-5-10-18/h11-14,16,18H,3-10,15H2,1-2H3. The first kappa shape index (κ1) is 18.9. The van der Waals surface area contributed by atoms with Crippen molar-refractivity contribution in [2.45, 2.75) is 81.0 Å². The summed E-state index contributed by atoms with van der Waals surface area (Å²) in [4.78, 5) is 0. The van der Waals surface area contributed by atoms with Crippen LogP contribution in [0.15, 0.2) is 30.5 Å². The highest BCUT2D eigenvalue weighted by Gasteiger charge is 2.18. The van der Waals surface area contributed by atoms with Gasteiger partial charge in [0.15, 0.2) is 0 Å². The Morgan fingerprint density at radius 2 is 1.80 bits per heavy atom. The van der Waals surface area contributed by atoms with Crippen molar-refractivity contribution in [1.29, 1.82) is 0 Å². The molecule has 0 aliphatic heterocycles. The highest BCUT2D eigenvalue weighted by Crippen LogP contribution is 2.31. The number of hydrogen-bond acceptors (Lipinski definition) is 2. The lowest BCUT2D eigenvalue weighted by Gasteiger charge is -2.18. The predicted molar refractivity (Wildman–Crippen MR) is 113 cm³/mol. The third kappa shape index (κ3) is 5.80. The van der Waals surface area contributed by atoms with Crippen LogP contribution in [0.3, 0.4) is 0 Å². The molecule has 0 N–H and O–H groups in total. The molecule has 0 spiro atoms. The van der Waals surface area contributed by atoms with Crippen molar-refractivity contribution in [1.82, 2.24) is 15.0 Å². The molecule has 2 aromatic rings. The normalized spacial score (nSPS) is 16.3. The molecule has 0 atom stereocenters. The van der Waals surface area contributed by atoms with Crippen LogP contribution in [0, 0.1) is 0 Å². The van der Waals surface area contributed by atoms with Crippen molar-refractivity contribution in [2.75, 3.05) is 0 Å². The van der Waals surface area contributed by atoms with Crippen LogP contribution in [0.2, 0.25) is 0 Å². The lowest BCUT2D eigenvalue weighted by Crippen LogP contribution is -2.08. The number of rotatable bonds is 7. The number of halogens is 1. The molecule has 0 saturated heterocycles. The van der Waals surface area contributed by atoms with Crippen molar-refractivity contribution >= 4 is 22.6 Å². The zero-order valence-corrected chi connectivity index (χ0v) is 17.7. The van der Waals surface area contributed by atoms with Gasteiger partial charge < -0.3 is 0 Å². The van der Waals surface area contributed by atoms with E-state index in [0.29, 0.717) is 9.34 Å². The average Bonchev–Trinajstić information content (AvgIpc) is 3.09. The van der Waals surface area contributed by atoms with E-state index >= 15 is 0 Å². The van der Waals surface area contributed by atoms with Gasteiger partial charge in [0, 0.05) is 9.34 Å². The van der Waals surface area contributed by atoms with Crippen LogP contribution in [0.4, 0.5) is 0 Å². The number of nitrogens with zero attached hydrogens (tertiary/aromatic N) is 3. The summed E-state index contributed by atoms with van der Waals surface area (Å²) in [5.74, 6) is 0.615. The fraction of sp³-hybridized carbons (Fsp3) is 0.619. The molecule has 3 nitrogen and oxygen atoms in total. The Labute approximate surface area is 165 Å². The number of aromatic nitrogens is 3. The smallest absolute Gasteiger partial charge is 0.0862 e. The van der Waals surface area contributed by atoms with E-state index in [1.54, 1.807) is 0 Å². The van der Waals surface area contributed by atoms with Gasteiger partial charge in [-0.25, -0.2) is 4.68 Å². The van der Waals surface area contributed by atoms with Gasteiger partial charge in [-0.3, -0.25) is 0 Å². The molecule has 0 unspecified atom stereocenters. The minimum Gasteiger partial charge on any atom is -0.220 e. The van der Waals surface area contributed by atoms with Crippen LogP contribution in [0.25, 0.3) is 5.69 Å². The van der Waals surface area contributed by atoms with Crippen LogP contribution in [0.5, 0.6) is 0 Å². The number of hydrogen-bond donors (Lipinski definition) is 0. The predicted octanol–water partition coefficient (Wildman–Crippen LogP) is 6.24. The van der Waals surface area contributed by atoms with Crippen LogP contribution < -0.4 is 0 Å². The number of aryl methyl sites for hydroxylation is 1. The van der Waals surface area contributed by atoms with E-state index in [1.165, 1.54) is 62.6 Å². The second-order valence-corrected chi connectivity index (χ2v) is 10.9. The molecule has 25 heavy (non-hydrogen) atoms. The van der Waals surface area contributed by atoms with Crippen LogP contribution in [0.1, 0.15) is 82.4 Å². The number of benzene rings is 1. The second-order valence-electron chi connectivity index (χ2n) is 8.02. The van der Waals surface area contributed by atoms with Gasteiger partial charge in [-0.2, -0.15) is 0 Å². The van der Waals surface area contributed by atoms with E-state index in [0.717, 1.165) is 12.1 Å². The summed E-state index contributed by atoms with van der Waals surface area (Å²) in [6, 6.07) is 8.84. The molecule has 0 radical (unpaired) electrons. The van der Waals surface area contributed by atoms with E-state index in [-0.39, 0.29) is 0 Å². The molecule has 1 aromatic heterocycles. The fourth-order valence-electron chi connectivity index (χ4n) is 3.68. The van der Waals surface area contributed by atoms with Crippen molar-refractivity contribution in [3.8, 4) is 5.69 Å². The SMILES string of the molecule is CC(C)(I)CCCCc1ccc(-n2cc(C3CCCCC3)nn2)cc1. The van der Waals surface area contributed by atoms with Gasteiger partial charge >= 0.3 is 0 Å². The molecule has 1 fully saturated rings. The van der Waals surface area contributed by atoms with Crippen molar-refractivity contribution < 1.29 is 0 Å². The summed E-state index contributed by atoms with van der Waals surface area (Å²) in [5, 5.41) is 8.79. The van der Waals surface area contributed by atoms with Gasteiger partial charge in [-0.05, 0) is 49.8 Å². The lowest BCUT2D eigenvalue weighted by molar-refractivity contribution is 0.436. The quantitative estimate of drug-likeness (QED) is 0.283. The molecule has 0 bridgehead atoms. The average molecular weight is 451 g/mol. The molecule has 1 aliphatic carbocycles. The first-order chi connectivity index (χ1) is 12.0. The second kappa shape index (κ2) is 8.65. The van der Waals surface area contributed by atoms with Gasteiger partial charge in [0.1, 0.15) is 0 Å². The molecule has 1 heterocycles. The topological polar surface area (TPSA) is 30.7 Å². The molecular formula is C21H30IN3. The monoisotopic (exact) mass is 451 g/mol. The van der Waals surface area contributed by atoms with E-state index in [9.17, 15) is 0 Å². The van der Waals surface area contributed by atoms with Crippen LogP contribution in [-0.2, 0) is 6.42 Å². The molecular weight excluding hydrogens is 421 g/mol. The van der Waals surface area contributed by atoms with E-state index in [2.05, 4.69) is 77.2 Å². The van der Waals surface area contributed by atoms with E-state index in [4.69, 9.17) is 0 Å². The minimum atomic E-state index is 0.421. The summed E-state index contributed by atoms with van der Waals surface area (Å²) in [6.07, 6.45) is 13.7. The van der Waals surface area contributed by atoms with Gasteiger partial charge in [-0.1, -0.05) is 79.5 Å². The van der Waals surface area contributed by atoms with Gasteiger partial charge in [0.05, 0.1) is 17.6 Å². The molecule has 1 saturated carbocycles. The summed E-state index contributed by atoms with van der Waals surface area (Å²) in [5.41, 5.74) is 3.71. The molecule has 0 amide bonds. The van der Waals surface area contributed by atoms with Crippen LogP contribution >= 0.6 is 22.6 Å². The third-order valence-corrected chi connectivity index (χ3v) is 5.76. The Morgan fingerprint density at radius 3 is 2.48 bits per heavy atom. The maximum absolute atomic E-state index is 4.43. The van der Waals surface area contributed by atoms with Crippen LogP contribution in [-0.4, -0.2) is 18.4 Å². The summed E-state index contributed by atoms with van der Waals surface area (Å²) >= 11 is 2.54. The minimum absolute atomic E-state index is 0.421. The van der Waals surface area contributed by atoms with Crippen molar-refractivity contribution in [3.05, 3.63) is 41.7 Å². The van der Waals surface area contributed by atoms with Gasteiger partial charge in [0.25, 0.3) is 0 Å². The maximum Gasteiger partial charge on any atom is 0.0862 e. The zero-order chi connectivity index (χ0) is 17.7. The Hall–Kier alpha value is -0.910. The summed E-state index contributed by atoms with van der Waals surface area (Å²) < 4.78 is 2.36. The largest absolute Gasteiger partial charge is 0.220 e. The molecule has 1 aromatic carbocycles. The van der Waals surface area contributed by atoms with Crippen molar-refractivity contribution in [2.24, 2.45) is 0 Å². The number of unbranched alkanes of at least 4 members (excludes halogenated alkanes) is 1. The van der Waals surface area contributed by atoms with E-state index in [1.807, 2.05) is 4.68 Å². The van der Waals surface area contributed by atoms with E-state index < -0.39 is 0 Å².